The van der Waals surface area contributed by atoms with Gasteiger partial charge in [0.05, 0.1) is 11.4 Å². The molecule has 0 radical (unpaired) electrons. The van der Waals surface area contributed by atoms with E-state index in [1.165, 1.54) is 0 Å². The Balaban J connectivity index is 3.26. The Morgan fingerprint density at radius 1 is 1.17 bits per heavy atom. The van der Waals surface area contributed by atoms with Gasteiger partial charge in [-0.2, -0.15) is 9.40 Å². The molecular formula is C12H23N3O2S. The van der Waals surface area contributed by atoms with Crippen molar-refractivity contribution >= 4 is 10.0 Å². The highest BCUT2D eigenvalue weighted by Gasteiger charge is 2.29. The van der Waals surface area contributed by atoms with Gasteiger partial charge in [0, 0.05) is 20.1 Å². The first-order valence-electron chi connectivity index (χ1n) is 6.36. The number of aryl methyl sites for hydroxylation is 2. The van der Waals surface area contributed by atoms with E-state index < -0.39 is 10.0 Å². The highest BCUT2D eigenvalue weighted by molar-refractivity contribution is 7.89. The maximum absolute atomic E-state index is 12.6. The second-order valence-corrected chi connectivity index (χ2v) is 6.40. The number of hydrogen-bond donors (Lipinski definition) is 0. The van der Waals surface area contributed by atoms with Crippen LogP contribution in [0.1, 0.15) is 38.1 Å². The number of nitrogens with zero attached hydrogens (tertiary/aromatic N) is 3. The largest absolute Gasteiger partial charge is 0.271 e. The summed E-state index contributed by atoms with van der Waals surface area (Å²) in [6.45, 7) is 8.63. The molecule has 0 saturated heterocycles. The van der Waals surface area contributed by atoms with Crippen molar-refractivity contribution in [2.24, 2.45) is 7.05 Å². The molecule has 0 fully saturated rings. The van der Waals surface area contributed by atoms with Crippen molar-refractivity contribution in [3.63, 3.8) is 0 Å². The van der Waals surface area contributed by atoms with Gasteiger partial charge in [-0.3, -0.25) is 4.68 Å². The van der Waals surface area contributed by atoms with Crippen molar-refractivity contribution in [1.29, 1.82) is 0 Å². The van der Waals surface area contributed by atoms with Gasteiger partial charge in [-0.1, -0.05) is 13.8 Å². The highest BCUT2D eigenvalue weighted by Crippen LogP contribution is 2.23. The van der Waals surface area contributed by atoms with E-state index in [0.717, 1.165) is 12.8 Å². The van der Waals surface area contributed by atoms with Gasteiger partial charge in [0.1, 0.15) is 4.90 Å². The topological polar surface area (TPSA) is 55.2 Å². The molecule has 5 nitrogen and oxygen atoms in total. The summed E-state index contributed by atoms with van der Waals surface area (Å²) in [4.78, 5) is 0.368. The molecule has 6 heteroatoms. The van der Waals surface area contributed by atoms with Crippen LogP contribution in [0.2, 0.25) is 0 Å². The average molecular weight is 273 g/mol. The Kier molecular flexibility index (Phi) is 4.92. The maximum Gasteiger partial charge on any atom is 0.246 e. The van der Waals surface area contributed by atoms with Crippen LogP contribution in [0.5, 0.6) is 0 Å². The van der Waals surface area contributed by atoms with Crippen LogP contribution in [0, 0.1) is 13.8 Å². The first kappa shape index (κ1) is 15.2. The molecule has 0 spiro atoms. The lowest BCUT2D eigenvalue weighted by molar-refractivity contribution is 0.409. The monoisotopic (exact) mass is 273 g/mol. The Morgan fingerprint density at radius 3 is 2.00 bits per heavy atom. The third-order valence-corrected chi connectivity index (χ3v) is 5.14. The first-order valence-corrected chi connectivity index (χ1v) is 7.80. The molecule has 0 saturated carbocycles. The number of rotatable bonds is 6. The summed E-state index contributed by atoms with van der Waals surface area (Å²) in [6, 6.07) is 0. The van der Waals surface area contributed by atoms with Crippen molar-refractivity contribution in [2.75, 3.05) is 13.1 Å². The van der Waals surface area contributed by atoms with Gasteiger partial charge in [0.25, 0.3) is 0 Å². The predicted octanol–water partition coefficient (Wildman–Crippen LogP) is 1.85. The molecule has 1 aromatic rings. The Hall–Kier alpha value is -0.880. The summed E-state index contributed by atoms with van der Waals surface area (Å²) in [6.07, 6.45) is 1.63. The molecule has 1 rings (SSSR count). The highest BCUT2D eigenvalue weighted by atomic mass is 32.2. The van der Waals surface area contributed by atoms with Crippen molar-refractivity contribution in [2.45, 2.75) is 45.4 Å². The average Bonchev–Trinajstić information content (AvgIpc) is 2.53. The Labute approximate surface area is 110 Å². The molecule has 0 bridgehead atoms. The van der Waals surface area contributed by atoms with Crippen LogP contribution in [-0.2, 0) is 17.1 Å². The molecule has 0 aliphatic heterocycles. The summed E-state index contributed by atoms with van der Waals surface area (Å²) in [5, 5.41) is 4.19. The SMILES string of the molecule is CCCN(CCC)S(=O)(=O)c1c(C)nn(C)c1C. The van der Waals surface area contributed by atoms with E-state index >= 15 is 0 Å². The minimum atomic E-state index is -3.42. The smallest absolute Gasteiger partial charge is 0.246 e. The summed E-state index contributed by atoms with van der Waals surface area (Å²) in [5.41, 5.74) is 1.27. The van der Waals surface area contributed by atoms with Gasteiger partial charge in [0.2, 0.25) is 10.0 Å². The van der Waals surface area contributed by atoms with Crippen LogP contribution in [-0.4, -0.2) is 35.6 Å². The van der Waals surface area contributed by atoms with Gasteiger partial charge < -0.3 is 0 Å². The predicted molar refractivity (Wildman–Crippen MR) is 72.0 cm³/mol. The molecule has 0 amide bonds. The van der Waals surface area contributed by atoms with Crippen molar-refractivity contribution in [1.82, 2.24) is 14.1 Å². The zero-order valence-corrected chi connectivity index (χ0v) is 12.7. The lowest BCUT2D eigenvalue weighted by Crippen LogP contribution is -2.33. The van der Waals surface area contributed by atoms with Gasteiger partial charge in [-0.05, 0) is 26.7 Å². The summed E-state index contributed by atoms with van der Waals surface area (Å²) >= 11 is 0. The summed E-state index contributed by atoms with van der Waals surface area (Å²) < 4.78 is 28.5. The van der Waals surface area contributed by atoms with Crippen LogP contribution in [0.3, 0.4) is 0 Å². The molecule has 0 atom stereocenters. The number of aromatic nitrogens is 2. The molecule has 0 aliphatic rings. The molecule has 0 aliphatic carbocycles. The van der Waals surface area contributed by atoms with Gasteiger partial charge in [-0.25, -0.2) is 8.42 Å². The molecule has 104 valence electrons. The molecule has 1 heterocycles. The minimum Gasteiger partial charge on any atom is -0.271 e. The quantitative estimate of drug-likeness (QED) is 0.795. The van der Waals surface area contributed by atoms with Crippen LogP contribution in [0.4, 0.5) is 0 Å². The van der Waals surface area contributed by atoms with Crippen molar-refractivity contribution < 1.29 is 8.42 Å². The molecule has 18 heavy (non-hydrogen) atoms. The van der Waals surface area contributed by atoms with Gasteiger partial charge in [0.15, 0.2) is 0 Å². The third-order valence-electron chi connectivity index (χ3n) is 2.99. The second-order valence-electron chi connectivity index (χ2n) is 4.53. The van der Waals surface area contributed by atoms with Crippen LogP contribution >= 0.6 is 0 Å². The second kappa shape index (κ2) is 5.84. The van der Waals surface area contributed by atoms with Crippen molar-refractivity contribution in [3.8, 4) is 0 Å². The van der Waals surface area contributed by atoms with E-state index in [0.29, 0.717) is 29.4 Å². The zero-order chi connectivity index (χ0) is 13.9. The normalized spacial score (nSPS) is 12.3. The first-order chi connectivity index (χ1) is 8.36. The molecule has 0 N–H and O–H groups in total. The van der Waals surface area contributed by atoms with Crippen LogP contribution < -0.4 is 0 Å². The lowest BCUT2D eigenvalue weighted by Gasteiger charge is -2.21. The van der Waals surface area contributed by atoms with E-state index in [4.69, 9.17) is 0 Å². The van der Waals surface area contributed by atoms with Crippen molar-refractivity contribution in [3.05, 3.63) is 11.4 Å². The lowest BCUT2D eigenvalue weighted by atomic mass is 10.4. The van der Waals surface area contributed by atoms with Crippen LogP contribution in [0.15, 0.2) is 4.90 Å². The molecule has 0 unspecified atom stereocenters. The standard InChI is InChI=1S/C12H23N3O2S/c1-6-8-15(9-7-2)18(16,17)12-10(3)13-14(5)11(12)4/h6-9H2,1-5H3. The van der Waals surface area contributed by atoms with Crippen LogP contribution in [0.25, 0.3) is 0 Å². The number of hydrogen-bond acceptors (Lipinski definition) is 3. The van der Waals surface area contributed by atoms with E-state index in [-0.39, 0.29) is 0 Å². The van der Waals surface area contributed by atoms with E-state index in [2.05, 4.69) is 5.10 Å². The maximum atomic E-state index is 12.6. The summed E-state index contributed by atoms with van der Waals surface area (Å²) in [5.74, 6) is 0. The van der Waals surface area contributed by atoms with E-state index in [1.807, 2.05) is 13.8 Å². The molecular weight excluding hydrogens is 250 g/mol. The fourth-order valence-corrected chi connectivity index (χ4v) is 4.13. The molecule has 1 aromatic heterocycles. The summed E-state index contributed by atoms with van der Waals surface area (Å²) in [7, 11) is -1.65. The fraction of sp³-hybridized carbons (Fsp3) is 0.750. The van der Waals surface area contributed by atoms with Gasteiger partial charge in [-0.15, -0.1) is 0 Å². The van der Waals surface area contributed by atoms with Gasteiger partial charge >= 0.3 is 0 Å². The van der Waals surface area contributed by atoms with E-state index in [9.17, 15) is 8.42 Å². The van der Waals surface area contributed by atoms with E-state index in [1.54, 1.807) is 29.9 Å². The third kappa shape index (κ3) is 2.75. The minimum absolute atomic E-state index is 0.368. The Morgan fingerprint density at radius 2 is 1.67 bits per heavy atom. The fourth-order valence-electron chi connectivity index (χ4n) is 2.11. The Bertz CT molecular complexity index is 500. The number of sulfonamides is 1. The zero-order valence-electron chi connectivity index (χ0n) is 11.9. The molecule has 0 aromatic carbocycles.